The second-order valence-corrected chi connectivity index (χ2v) is 47.4. The van der Waals surface area contributed by atoms with Gasteiger partial charge in [-0.25, -0.2) is 4.39 Å². The fourth-order valence-corrected chi connectivity index (χ4v) is 32.5. The molecule has 0 bridgehead atoms. The van der Waals surface area contributed by atoms with E-state index in [0.717, 1.165) is 109 Å². The van der Waals surface area contributed by atoms with E-state index in [2.05, 4.69) is 71.7 Å². The van der Waals surface area contributed by atoms with Crippen molar-refractivity contribution in [1.82, 2.24) is 10.2 Å². The van der Waals surface area contributed by atoms with E-state index in [4.69, 9.17) is 55.5 Å². The van der Waals surface area contributed by atoms with E-state index in [1.54, 1.807) is 78.0 Å². The van der Waals surface area contributed by atoms with Gasteiger partial charge in [0.2, 0.25) is 11.8 Å². The Balaban J connectivity index is 0.000000107. The zero-order chi connectivity index (χ0) is 101. The maximum absolute atomic E-state index is 14.9. The van der Waals surface area contributed by atoms with Crippen molar-refractivity contribution in [3.8, 4) is 142 Å². The van der Waals surface area contributed by atoms with Crippen molar-refractivity contribution in [2.45, 2.75) is 6.92 Å². The molecule has 0 fully saturated rings. The lowest BCUT2D eigenvalue weighted by Crippen LogP contribution is -2.26. The molecule has 0 saturated heterocycles. The summed E-state index contributed by atoms with van der Waals surface area (Å²) in [4.78, 5) is 0. The van der Waals surface area contributed by atoms with Crippen LogP contribution in [0.3, 0.4) is 0 Å². The molecular weight excluding hydrogens is 1950 g/mol. The number of para-hydroxylation sites is 5. The van der Waals surface area contributed by atoms with E-state index in [9.17, 15) is 27.2 Å². The number of rotatable bonds is 13. The lowest BCUT2D eigenvalue weighted by molar-refractivity contribution is 0.412. The minimum Gasteiger partial charge on any atom is -0.496 e. The fraction of sp³-hybridized carbons (Fsp3) is 0.0569. The molecule has 5 aliphatic rings. The Kier molecular flexibility index (Phi) is 23.6. The molecular formula is C123H88FN2O17P5. The minimum absolute atomic E-state index is 0.318. The van der Waals surface area contributed by atoms with Crippen LogP contribution in [0.4, 0.5) is 4.39 Å². The van der Waals surface area contributed by atoms with Crippen molar-refractivity contribution in [2.24, 2.45) is 0 Å². The highest BCUT2D eigenvalue weighted by molar-refractivity contribution is 7.77. The van der Waals surface area contributed by atoms with Crippen molar-refractivity contribution in [3.05, 3.63) is 418 Å². The molecule has 25 heteroatoms. The summed E-state index contributed by atoms with van der Waals surface area (Å²) in [5, 5.41) is 25.2. The van der Waals surface area contributed by atoms with Crippen LogP contribution in [0.25, 0.3) is 143 Å². The third-order valence-corrected chi connectivity index (χ3v) is 39.9. The first kappa shape index (κ1) is 93.5. The summed E-state index contributed by atoms with van der Waals surface area (Å²) in [6.07, 6.45) is 0. The van der Waals surface area contributed by atoms with E-state index in [0.29, 0.717) is 150 Å². The first-order valence-corrected chi connectivity index (χ1v) is 55.8. The van der Waals surface area contributed by atoms with Gasteiger partial charge < -0.3 is 55.5 Å². The van der Waals surface area contributed by atoms with Crippen LogP contribution in [0.1, 0.15) is 5.56 Å². The molecule has 0 saturated carbocycles. The van der Waals surface area contributed by atoms with Crippen LogP contribution in [-0.2, 0) is 22.8 Å². The predicted molar refractivity (Wildman–Crippen MR) is 590 cm³/mol. The van der Waals surface area contributed by atoms with Gasteiger partial charge in [0.05, 0.1) is 95.7 Å². The number of aryl methyl sites for hydroxylation is 1. The average Bonchev–Trinajstić information content (AvgIpc) is 0.774. The molecule has 724 valence electrons. The Hall–Kier alpha value is -16.8. The number of hydrogen-bond donors (Lipinski definition) is 0. The Morgan fingerprint density at radius 2 is 0.473 bits per heavy atom. The van der Waals surface area contributed by atoms with Gasteiger partial charge in [0.25, 0.3) is 0 Å². The molecule has 27 rings (SSSR count). The molecule has 0 N–H and O–H groups in total. The number of ether oxygens (including phenoxy) is 6. The lowest BCUT2D eigenvalue weighted by Gasteiger charge is -2.30. The molecule has 5 atom stereocenters. The molecule has 6 heterocycles. The fourth-order valence-electron chi connectivity index (χ4n) is 20.7. The van der Waals surface area contributed by atoms with Crippen LogP contribution >= 0.6 is 36.8 Å². The molecule has 5 unspecified atom stereocenters. The van der Waals surface area contributed by atoms with Gasteiger partial charge in [0, 0.05) is 71.3 Å². The van der Waals surface area contributed by atoms with Crippen LogP contribution in [0.5, 0.6) is 63.2 Å². The quantitative estimate of drug-likeness (QED) is 0.0772. The molecule has 1 aromatic heterocycles. The third-order valence-electron chi connectivity index (χ3n) is 27.7. The number of halogens is 1. The summed E-state index contributed by atoms with van der Waals surface area (Å²) < 4.78 is 160. The summed E-state index contributed by atoms with van der Waals surface area (Å²) in [6.45, 7) is 2.07. The van der Waals surface area contributed by atoms with Crippen LogP contribution in [0, 0.1) is 12.7 Å². The largest absolute Gasteiger partial charge is 0.496 e. The summed E-state index contributed by atoms with van der Waals surface area (Å²) in [5.74, 6) is 6.52. The average molecular weight is 2040 g/mol. The van der Waals surface area contributed by atoms with Crippen LogP contribution in [0.2, 0.25) is 0 Å². The molecule has 5 aliphatic heterocycles. The molecule has 148 heavy (non-hydrogen) atoms. The Labute approximate surface area is 850 Å². The van der Waals surface area contributed by atoms with E-state index in [1.165, 1.54) is 24.8 Å². The molecule has 19 nitrogen and oxygen atoms in total. The molecule has 0 amide bonds. The SMILES string of the molecule is COc1cc(P2(=O)Oc3ccccc3-c3ccccc32)c(OC)c2cc3cc(C)ccc3cc12.COc1cc(P2(=O)Oc3ccccc3-c3ccccc32)c(OC)c2cc3cc(F)ccc3cc12.COc1cc(P2(=O)Oc3ccccc3-c3ccccc32)c(OC)c2cc3ccccc3cc12.O=P1(c2ccc(-c3nnc(-c4ccc(P5(=O)Oc6ccccc6-c6ccccc65)cc4)o3)cc2)Oc2ccccc2-c2ccccc21. The van der Waals surface area contributed by atoms with Crippen molar-refractivity contribution in [1.29, 1.82) is 0 Å². The van der Waals surface area contributed by atoms with Crippen LogP contribution in [-0.4, -0.2) is 52.9 Å². The van der Waals surface area contributed by atoms with E-state index >= 15 is 0 Å². The molecule has 0 aliphatic carbocycles. The lowest BCUT2D eigenvalue weighted by atomic mass is 10.0. The van der Waals surface area contributed by atoms with Gasteiger partial charge in [-0.2, -0.15) is 0 Å². The smallest absolute Gasteiger partial charge is 0.311 e. The van der Waals surface area contributed by atoms with Gasteiger partial charge in [-0.15, -0.1) is 10.2 Å². The number of benzene rings is 21. The highest BCUT2D eigenvalue weighted by Crippen LogP contribution is 2.63. The normalized spacial score (nSPS) is 17.3. The first-order valence-electron chi connectivity index (χ1n) is 47.7. The van der Waals surface area contributed by atoms with Crippen LogP contribution in [0.15, 0.2) is 411 Å². The summed E-state index contributed by atoms with van der Waals surface area (Å²) in [7, 11) is -7.97. The van der Waals surface area contributed by atoms with E-state index < -0.39 is 36.8 Å². The molecule has 0 spiro atoms. The van der Waals surface area contributed by atoms with Gasteiger partial charge in [-0.1, -0.05) is 236 Å². The molecule has 0 radical (unpaired) electrons. The second kappa shape index (κ2) is 37.4. The van der Waals surface area contributed by atoms with Gasteiger partial charge in [0.15, 0.2) is 0 Å². The van der Waals surface area contributed by atoms with Gasteiger partial charge in [-0.3, -0.25) is 22.8 Å². The highest BCUT2D eigenvalue weighted by Gasteiger charge is 2.47. The Bertz CT molecular complexity index is 9090. The topological polar surface area (TPSA) is 226 Å². The van der Waals surface area contributed by atoms with Gasteiger partial charge in [0.1, 0.15) is 69.1 Å². The van der Waals surface area contributed by atoms with Crippen molar-refractivity contribution < 1.29 is 82.7 Å². The Morgan fingerprint density at radius 1 is 0.223 bits per heavy atom. The Morgan fingerprint density at radius 3 is 0.784 bits per heavy atom. The number of fused-ring (bicyclic) bond motifs is 21. The van der Waals surface area contributed by atoms with Gasteiger partial charge in [-0.05, 0) is 243 Å². The standard InChI is InChI=1S/C38H24N2O5P2.C29H23O4P.C28H20FO4P.C28H21O4P/c41-46(35-15-7-3-11-31(35)29-9-1-5-13-33(29)44-46)27-21-17-25(18-22-27)37-39-40-38(43-37)26-19-23-28(24-20-26)47(42)36-16-8-4-12-32(36)30-10-2-6-14-34(30)45-47;1-18-12-13-19-15-23-24(16-20(19)14-18)29(32-3)28(17-26(23)31-2)34(30)27-11-7-5-9-22(27)21-8-4-6-10-25(21)33-34;1-31-25-16-27(28(32-2)23-15-18-13-19(29)12-11-17(18)14-22(23)25)34(30)26-10-6-4-8-21(26)20-7-3-5-9-24(20)33-34;1-30-25-17-27(28(31-2)23-16-19-10-4-3-9-18(19)15-22(23)25)33(29)26-14-8-6-12-21(26)20-11-5-7-13-24(20)32-33/h1-24H;4-17H,1-3H3;3-16H,1-2H3;3-17H,1-2H3. The van der Waals surface area contributed by atoms with E-state index in [1.807, 2.05) is 297 Å². The molecule has 21 aromatic carbocycles. The van der Waals surface area contributed by atoms with Gasteiger partial charge >= 0.3 is 36.8 Å². The summed E-state index contributed by atoms with van der Waals surface area (Å²) in [5.41, 5.74) is 11.6. The zero-order valence-corrected chi connectivity index (χ0v) is 85.1. The van der Waals surface area contributed by atoms with Crippen molar-refractivity contribution in [3.63, 3.8) is 0 Å². The maximum Gasteiger partial charge on any atom is 0.311 e. The van der Waals surface area contributed by atoms with Crippen molar-refractivity contribution in [2.75, 3.05) is 42.7 Å². The zero-order valence-electron chi connectivity index (χ0n) is 80.6. The number of hydrogen-bond acceptors (Lipinski definition) is 19. The molecule has 22 aromatic rings. The monoisotopic (exact) mass is 2040 g/mol. The number of aromatic nitrogens is 2. The van der Waals surface area contributed by atoms with E-state index in [-0.39, 0.29) is 5.82 Å². The van der Waals surface area contributed by atoms with Crippen LogP contribution < -0.4 is 104 Å². The highest BCUT2D eigenvalue weighted by atomic mass is 31.2. The summed E-state index contributed by atoms with van der Waals surface area (Å²) >= 11 is 0. The number of nitrogens with zero attached hydrogens (tertiary/aromatic N) is 2. The van der Waals surface area contributed by atoms with Crippen molar-refractivity contribution >= 4 is 155 Å². The summed E-state index contributed by atoms with van der Waals surface area (Å²) in [6, 6.07) is 127. The number of methoxy groups -OCH3 is 6. The maximum atomic E-state index is 14.9. The first-order chi connectivity index (χ1) is 72.2. The second-order valence-electron chi connectivity index (χ2n) is 36.1. The minimum atomic E-state index is -3.64. The third kappa shape index (κ3) is 15.7. The predicted octanol–water partition coefficient (Wildman–Crippen LogP) is 27.3.